The van der Waals surface area contributed by atoms with Gasteiger partial charge >= 0.3 is 0 Å². The van der Waals surface area contributed by atoms with Crippen LogP contribution in [0.4, 0.5) is 20.4 Å². The number of aliphatic hydroxyl groups is 1. The highest BCUT2D eigenvalue weighted by Gasteiger charge is 2.41. The summed E-state index contributed by atoms with van der Waals surface area (Å²) in [6.07, 6.45) is 9.04. The van der Waals surface area contributed by atoms with Gasteiger partial charge < -0.3 is 16.2 Å². The van der Waals surface area contributed by atoms with E-state index >= 15 is 8.78 Å². The molecule has 0 aliphatic heterocycles. The van der Waals surface area contributed by atoms with Crippen LogP contribution in [0.5, 0.6) is 0 Å². The Morgan fingerprint density at radius 2 is 1.85 bits per heavy atom. The zero-order valence-electron chi connectivity index (χ0n) is 22.8. The van der Waals surface area contributed by atoms with E-state index in [-0.39, 0.29) is 28.7 Å². The summed E-state index contributed by atoms with van der Waals surface area (Å²) in [6.45, 7) is 1.91. The maximum atomic E-state index is 15.2. The van der Waals surface area contributed by atoms with Crippen molar-refractivity contribution < 1.29 is 22.3 Å². The molecule has 0 spiro atoms. The summed E-state index contributed by atoms with van der Waals surface area (Å²) < 4.78 is 56.5. The summed E-state index contributed by atoms with van der Waals surface area (Å²) in [4.78, 5) is 8.69. The molecule has 0 saturated heterocycles. The molecule has 41 heavy (non-hydrogen) atoms. The Morgan fingerprint density at radius 3 is 2.49 bits per heavy atom. The largest absolute Gasteiger partial charge is 0.385 e. The van der Waals surface area contributed by atoms with E-state index in [1.54, 1.807) is 24.7 Å². The molecular weight excluding hydrogens is 550 g/mol. The summed E-state index contributed by atoms with van der Waals surface area (Å²) in [5.74, 6) is -1.42. The standard InChI is InChI=1S/C29H32F2N6O3S/c1-16-10-17(11-23(32)27(16)41(2,39)40)20-6-9-33-15-25(20)35-28-34-14-19-4-5-24(36-37(19)28)26-21(30)12-18(13-22(26)31)29(38)7-3-8-29/h4-6,9,12-17,23,27,38H,3,7-8,10-11,32H2,1-2H3,(H,34,35)/t16-,17+,23+,27-/m0/s1. The van der Waals surface area contributed by atoms with Gasteiger partial charge in [0.25, 0.3) is 0 Å². The number of imidazole rings is 1. The van der Waals surface area contributed by atoms with Crippen LogP contribution in [0.2, 0.25) is 0 Å². The summed E-state index contributed by atoms with van der Waals surface area (Å²) in [6, 6.07) is 6.94. The first-order valence-electron chi connectivity index (χ1n) is 13.7. The molecule has 9 nitrogen and oxygen atoms in total. The molecule has 0 unspecified atom stereocenters. The summed E-state index contributed by atoms with van der Waals surface area (Å²) in [5, 5.41) is 17.7. The lowest BCUT2D eigenvalue weighted by Gasteiger charge is -2.38. The molecular formula is C29H32F2N6O3S. The van der Waals surface area contributed by atoms with Crippen LogP contribution < -0.4 is 11.1 Å². The molecule has 0 amide bonds. The van der Waals surface area contributed by atoms with Gasteiger partial charge in [0.05, 0.1) is 45.7 Å². The van der Waals surface area contributed by atoms with Crippen molar-refractivity contribution in [2.45, 2.75) is 61.8 Å². The van der Waals surface area contributed by atoms with Gasteiger partial charge in [-0.05, 0) is 85.4 Å². The van der Waals surface area contributed by atoms with Gasteiger partial charge in [-0.15, -0.1) is 0 Å². The molecule has 12 heteroatoms. The van der Waals surface area contributed by atoms with E-state index in [2.05, 4.69) is 20.4 Å². The Kier molecular flexibility index (Phi) is 6.82. The second-order valence-corrected chi connectivity index (χ2v) is 13.7. The molecule has 2 saturated carbocycles. The van der Waals surface area contributed by atoms with Crippen LogP contribution in [0.3, 0.4) is 0 Å². The summed E-state index contributed by atoms with van der Waals surface area (Å²) in [5.41, 5.74) is 7.38. The minimum absolute atomic E-state index is 0.00885. The minimum atomic E-state index is -3.29. The van der Waals surface area contributed by atoms with Crippen molar-refractivity contribution in [3.63, 3.8) is 0 Å². The van der Waals surface area contributed by atoms with Crippen molar-refractivity contribution in [1.82, 2.24) is 19.6 Å². The molecule has 2 aliphatic rings. The molecule has 2 aliphatic carbocycles. The Labute approximate surface area is 236 Å². The van der Waals surface area contributed by atoms with Gasteiger partial charge in [0.1, 0.15) is 11.6 Å². The number of pyridine rings is 1. The first kappa shape index (κ1) is 27.7. The number of sulfone groups is 1. The fourth-order valence-corrected chi connectivity index (χ4v) is 8.23. The Hall–Kier alpha value is -3.48. The molecule has 6 rings (SSSR count). The van der Waals surface area contributed by atoms with Gasteiger partial charge in [-0.25, -0.2) is 22.2 Å². The maximum Gasteiger partial charge on any atom is 0.229 e. The Bertz CT molecular complexity index is 1700. The minimum Gasteiger partial charge on any atom is -0.385 e. The number of nitrogens with two attached hydrogens (primary N) is 1. The van der Waals surface area contributed by atoms with Crippen molar-refractivity contribution >= 4 is 27.0 Å². The van der Waals surface area contributed by atoms with Crippen molar-refractivity contribution in [2.24, 2.45) is 11.7 Å². The number of halogens is 2. The molecule has 0 bridgehead atoms. The monoisotopic (exact) mass is 582 g/mol. The van der Waals surface area contributed by atoms with Crippen molar-refractivity contribution in [3.05, 3.63) is 71.7 Å². The van der Waals surface area contributed by atoms with Gasteiger partial charge in [0, 0.05) is 18.5 Å². The summed E-state index contributed by atoms with van der Waals surface area (Å²) >= 11 is 0. The number of aromatic nitrogens is 4. The lowest BCUT2D eigenvalue weighted by Crippen LogP contribution is -2.48. The normalized spacial score (nSPS) is 24.2. The number of rotatable bonds is 6. The lowest BCUT2D eigenvalue weighted by molar-refractivity contribution is -0.0392. The fraction of sp³-hybridized carbons (Fsp3) is 0.414. The topological polar surface area (TPSA) is 136 Å². The number of nitrogens with one attached hydrogen (secondary N) is 1. The highest BCUT2D eigenvalue weighted by molar-refractivity contribution is 7.91. The molecule has 4 aromatic rings. The van der Waals surface area contributed by atoms with E-state index < -0.39 is 38.4 Å². The maximum absolute atomic E-state index is 15.2. The van der Waals surface area contributed by atoms with E-state index in [9.17, 15) is 13.5 Å². The first-order chi connectivity index (χ1) is 19.4. The average Bonchev–Trinajstić information content (AvgIpc) is 3.28. The van der Waals surface area contributed by atoms with Crippen LogP contribution in [0, 0.1) is 17.6 Å². The highest BCUT2D eigenvalue weighted by atomic mass is 32.2. The molecule has 3 aromatic heterocycles. The smallest absolute Gasteiger partial charge is 0.229 e. The Morgan fingerprint density at radius 1 is 1.12 bits per heavy atom. The number of fused-ring (bicyclic) bond motifs is 1. The molecule has 216 valence electrons. The van der Waals surface area contributed by atoms with E-state index in [0.717, 1.165) is 12.0 Å². The first-order valence-corrected chi connectivity index (χ1v) is 15.6. The van der Waals surface area contributed by atoms with Crippen LogP contribution in [-0.2, 0) is 15.4 Å². The molecule has 0 radical (unpaired) electrons. The third-order valence-electron chi connectivity index (χ3n) is 8.63. The van der Waals surface area contributed by atoms with Gasteiger partial charge in [0.15, 0.2) is 9.84 Å². The number of anilines is 2. The van der Waals surface area contributed by atoms with Gasteiger partial charge in [0.2, 0.25) is 5.95 Å². The van der Waals surface area contributed by atoms with Crippen LogP contribution >= 0.6 is 0 Å². The van der Waals surface area contributed by atoms with Gasteiger partial charge in [-0.1, -0.05) is 6.92 Å². The van der Waals surface area contributed by atoms with Crippen LogP contribution in [0.25, 0.3) is 16.8 Å². The predicted molar refractivity (Wildman–Crippen MR) is 151 cm³/mol. The second kappa shape index (κ2) is 10.1. The predicted octanol–water partition coefficient (Wildman–Crippen LogP) is 4.44. The third kappa shape index (κ3) is 4.98. The fourth-order valence-electron chi connectivity index (χ4n) is 6.53. The molecule has 4 atom stereocenters. The third-order valence-corrected chi connectivity index (χ3v) is 10.4. The van der Waals surface area contributed by atoms with E-state index in [1.807, 2.05) is 13.0 Å². The number of hydrogen-bond acceptors (Lipinski definition) is 8. The van der Waals surface area contributed by atoms with E-state index in [0.29, 0.717) is 42.8 Å². The van der Waals surface area contributed by atoms with E-state index in [1.165, 1.54) is 29.0 Å². The number of benzene rings is 1. The SMILES string of the molecule is C[C@H]1C[C@@H](c2ccncc2Nc2ncc3ccc(-c4c(F)cc(C5(O)CCC5)cc4F)nn23)C[C@@H](N)[C@H]1S(C)(=O)=O. The number of hydrogen-bond donors (Lipinski definition) is 3. The Balaban J connectivity index is 1.32. The van der Waals surface area contributed by atoms with Crippen LogP contribution in [0.15, 0.2) is 48.9 Å². The number of nitrogens with zero attached hydrogens (tertiary/aromatic N) is 4. The molecule has 4 N–H and O–H groups in total. The lowest BCUT2D eigenvalue weighted by atomic mass is 9.75. The van der Waals surface area contributed by atoms with Crippen molar-refractivity contribution in [1.29, 1.82) is 0 Å². The van der Waals surface area contributed by atoms with Crippen LogP contribution in [-0.4, -0.2) is 50.7 Å². The van der Waals surface area contributed by atoms with Gasteiger partial charge in [-0.2, -0.15) is 9.61 Å². The van der Waals surface area contributed by atoms with E-state index in [4.69, 9.17) is 5.73 Å². The molecule has 3 heterocycles. The zero-order chi connectivity index (χ0) is 29.1. The zero-order valence-corrected chi connectivity index (χ0v) is 23.6. The molecule has 2 fully saturated rings. The van der Waals surface area contributed by atoms with Gasteiger partial charge in [-0.3, -0.25) is 4.98 Å². The average molecular weight is 583 g/mol. The van der Waals surface area contributed by atoms with Crippen LogP contribution in [0.1, 0.15) is 56.1 Å². The van der Waals surface area contributed by atoms with Crippen molar-refractivity contribution in [2.75, 3.05) is 11.6 Å². The van der Waals surface area contributed by atoms with Crippen molar-refractivity contribution in [3.8, 4) is 11.3 Å². The quantitative estimate of drug-likeness (QED) is 0.304. The second-order valence-electron chi connectivity index (χ2n) is 11.5. The summed E-state index contributed by atoms with van der Waals surface area (Å²) in [7, 11) is -3.29. The molecule has 1 aromatic carbocycles. The highest BCUT2D eigenvalue weighted by Crippen LogP contribution is 2.43.